The van der Waals surface area contributed by atoms with Gasteiger partial charge in [-0.25, -0.2) is 4.98 Å². The van der Waals surface area contributed by atoms with Gasteiger partial charge in [0.05, 0.1) is 6.42 Å². The lowest BCUT2D eigenvalue weighted by molar-refractivity contribution is -0.116. The number of pyridine rings is 1. The number of aliphatic imine (C=N–C) groups is 1. The number of ketones is 1. The SMILES string of the molecule is O=C1CCCC2=C1C(c1ccncc1Br)N=C(Cc1nc3ccccc3o1)C2. The number of oxazole rings is 1. The molecule has 1 aromatic carbocycles. The van der Waals surface area contributed by atoms with Gasteiger partial charge in [-0.15, -0.1) is 0 Å². The third-order valence-corrected chi connectivity index (χ3v) is 6.02. The van der Waals surface area contributed by atoms with E-state index in [-0.39, 0.29) is 11.8 Å². The van der Waals surface area contributed by atoms with Crippen molar-refractivity contribution in [2.24, 2.45) is 4.99 Å². The number of rotatable bonds is 3. The Kier molecular flexibility index (Phi) is 4.43. The quantitative estimate of drug-likeness (QED) is 0.569. The maximum absolute atomic E-state index is 12.7. The van der Waals surface area contributed by atoms with E-state index in [0.29, 0.717) is 18.7 Å². The second-order valence-electron chi connectivity index (χ2n) is 7.22. The van der Waals surface area contributed by atoms with E-state index in [1.54, 1.807) is 12.4 Å². The Hall–Kier alpha value is -2.60. The van der Waals surface area contributed by atoms with Crippen molar-refractivity contribution in [2.75, 3.05) is 0 Å². The summed E-state index contributed by atoms with van der Waals surface area (Å²) in [7, 11) is 0. The van der Waals surface area contributed by atoms with Crippen LogP contribution in [0.25, 0.3) is 11.1 Å². The molecule has 1 aliphatic heterocycles. The second-order valence-corrected chi connectivity index (χ2v) is 8.07. The molecule has 3 aromatic rings. The average Bonchev–Trinajstić information content (AvgIpc) is 3.10. The minimum atomic E-state index is -0.284. The molecule has 0 saturated heterocycles. The van der Waals surface area contributed by atoms with Gasteiger partial charge < -0.3 is 4.42 Å². The summed E-state index contributed by atoms with van der Waals surface area (Å²) in [6, 6.07) is 9.42. The van der Waals surface area contributed by atoms with Crippen LogP contribution in [0.2, 0.25) is 0 Å². The zero-order valence-electron chi connectivity index (χ0n) is 15.2. The van der Waals surface area contributed by atoms with Crippen molar-refractivity contribution in [1.29, 1.82) is 0 Å². The van der Waals surface area contributed by atoms with Crippen LogP contribution in [0.3, 0.4) is 0 Å². The van der Waals surface area contributed by atoms with Crippen LogP contribution < -0.4 is 0 Å². The monoisotopic (exact) mass is 435 g/mol. The van der Waals surface area contributed by atoms with Gasteiger partial charge in [0.2, 0.25) is 5.89 Å². The molecule has 5 nitrogen and oxygen atoms in total. The predicted molar refractivity (Wildman–Crippen MR) is 110 cm³/mol. The number of carbonyl (C=O) groups is 1. The first kappa shape index (κ1) is 17.5. The molecule has 5 rings (SSSR count). The molecule has 0 spiro atoms. The first-order valence-corrected chi connectivity index (χ1v) is 10.2. The fourth-order valence-corrected chi connectivity index (χ4v) is 4.58. The molecule has 1 unspecified atom stereocenters. The Morgan fingerprint density at radius 3 is 2.93 bits per heavy atom. The van der Waals surface area contributed by atoms with Crippen molar-refractivity contribution in [3.63, 3.8) is 0 Å². The molecule has 0 saturated carbocycles. The number of allylic oxidation sites excluding steroid dienone is 1. The molecule has 0 N–H and O–H groups in total. The molecule has 0 fully saturated rings. The standard InChI is InChI=1S/C22H18BrN3O2/c23-16-12-24-9-8-15(16)22-21-13(4-3-6-18(21)27)10-14(25-22)11-20-26-17-5-1-2-7-19(17)28-20/h1-2,5,7-9,12,22H,3-4,6,10-11H2. The van der Waals surface area contributed by atoms with Gasteiger partial charge in [-0.3, -0.25) is 14.8 Å². The Labute approximate surface area is 170 Å². The van der Waals surface area contributed by atoms with Crippen LogP contribution >= 0.6 is 15.9 Å². The van der Waals surface area contributed by atoms with E-state index in [4.69, 9.17) is 9.41 Å². The summed E-state index contributed by atoms with van der Waals surface area (Å²) in [6.07, 6.45) is 7.25. The molecule has 1 atom stereocenters. The number of Topliss-reactive ketones (excluding diaryl/α,β-unsaturated/α-hetero) is 1. The Morgan fingerprint density at radius 1 is 1.18 bits per heavy atom. The third kappa shape index (κ3) is 3.11. The molecule has 0 amide bonds. The highest BCUT2D eigenvalue weighted by molar-refractivity contribution is 9.10. The van der Waals surface area contributed by atoms with Crippen LogP contribution in [0.5, 0.6) is 0 Å². The molecule has 140 valence electrons. The van der Waals surface area contributed by atoms with Gasteiger partial charge in [0.15, 0.2) is 11.4 Å². The van der Waals surface area contributed by atoms with Gasteiger partial charge in [-0.05, 0) is 52.5 Å². The number of carbonyl (C=O) groups excluding carboxylic acids is 1. The van der Waals surface area contributed by atoms with E-state index in [2.05, 4.69) is 25.9 Å². The van der Waals surface area contributed by atoms with Crippen molar-refractivity contribution in [2.45, 2.75) is 38.1 Å². The Morgan fingerprint density at radius 2 is 2.07 bits per heavy atom. The lowest BCUT2D eigenvalue weighted by Crippen LogP contribution is -2.24. The average molecular weight is 436 g/mol. The van der Waals surface area contributed by atoms with Crippen LogP contribution in [-0.2, 0) is 11.2 Å². The first-order chi connectivity index (χ1) is 13.7. The number of nitrogens with zero attached hydrogens (tertiary/aromatic N) is 3. The zero-order chi connectivity index (χ0) is 19.1. The maximum Gasteiger partial charge on any atom is 0.201 e. The topological polar surface area (TPSA) is 68.3 Å². The van der Waals surface area contributed by atoms with Crippen molar-refractivity contribution >= 4 is 38.5 Å². The van der Waals surface area contributed by atoms with Crippen molar-refractivity contribution in [3.8, 4) is 0 Å². The molecule has 0 bridgehead atoms. The molecular formula is C22H18BrN3O2. The summed E-state index contributed by atoms with van der Waals surface area (Å²) in [4.78, 5) is 26.5. The fourth-order valence-electron chi connectivity index (χ4n) is 4.11. The number of dihydropyridines is 1. The summed E-state index contributed by atoms with van der Waals surface area (Å²) >= 11 is 3.58. The van der Waals surface area contributed by atoms with E-state index >= 15 is 0 Å². The van der Waals surface area contributed by atoms with Crippen molar-refractivity contribution in [1.82, 2.24) is 9.97 Å². The number of aromatic nitrogens is 2. The van der Waals surface area contributed by atoms with Crippen LogP contribution in [0, 0.1) is 0 Å². The van der Waals surface area contributed by atoms with E-state index in [0.717, 1.165) is 51.7 Å². The number of para-hydroxylation sites is 2. The minimum absolute atomic E-state index is 0.222. The van der Waals surface area contributed by atoms with Crippen molar-refractivity contribution in [3.05, 3.63) is 69.8 Å². The summed E-state index contributed by atoms with van der Waals surface area (Å²) in [5.74, 6) is 0.887. The van der Waals surface area contributed by atoms with Crippen LogP contribution in [0.4, 0.5) is 0 Å². The number of fused-ring (bicyclic) bond motifs is 1. The predicted octanol–water partition coefficient (Wildman–Crippen LogP) is 5.16. The number of hydrogen-bond acceptors (Lipinski definition) is 5. The summed E-state index contributed by atoms with van der Waals surface area (Å²) in [5.41, 5.74) is 5.72. The first-order valence-electron chi connectivity index (χ1n) is 9.43. The highest BCUT2D eigenvalue weighted by Gasteiger charge is 2.33. The van der Waals surface area contributed by atoms with Crippen molar-refractivity contribution < 1.29 is 9.21 Å². The molecule has 2 aliphatic rings. The number of hydrogen-bond donors (Lipinski definition) is 0. The highest BCUT2D eigenvalue weighted by atomic mass is 79.9. The molecule has 6 heteroatoms. The number of benzene rings is 1. The normalized spacial score (nSPS) is 19.7. The lowest BCUT2D eigenvalue weighted by atomic mass is 9.80. The van der Waals surface area contributed by atoms with Gasteiger partial charge in [0.25, 0.3) is 0 Å². The van der Waals surface area contributed by atoms with Gasteiger partial charge in [0.1, 0.15) is 11.6 Å². The minimum Gasteiger partial charge on any atom is -0.440 e. The second kappa shape index (κ2) is 7.09. The summed E-state index contributed by atoms with van der Waals surface area (Å²) in [5, 5.41) is 0. The highest BCUT2D eigenvalue weighted by Crippen LogP contribution is 2.41. The lowest BCUT2D eigenvalue weighted by Gasteiger charge is -2.30. The van der Waals surface area contributed by atoms with Gasteiger partial charge in [-0.2, -0.15) is 0 Å². The fraction of sp³-hybridized carbons (Fsp3) is 0.273. The Bertz CT molecular complexity index is 1110. The molecule has 2 aromatic heterocycles. The molecule has 3 heterocycles. The van der Waals surface area contributed by atoms with E-state index in [1.807, 2.05) is 30.3 Å². The van der Waals surface area contributed by atoms with E-state index in [1.165, 1.54) is 5.57 Å². The molecular weight excluding hydrogens is 418 g/mol. The molecule has 0 radical (unpaired) electrons. The summed E-state index contributed by atoms with van der Waals surface area (Å²) < 4.78 is 6.77. The largest absolute Gasteiger partial charge is 0.440 e. The van der Waals surface area contributed by atoms with Crippen LogP contribution in [0.1, 0.15) is 43.2 Å². The zero-order valence-corrected chi connectivity index (χ0v) is 16.8. The van der Waals surface area contributed by atoms with E-state index in [9.17, 15) is 4.79 Å². The number of halogens is 1. The summed E-state index contributed by atoms with van der Waals surface area (Å²) in [6.45, 7) is 0. The Balaban J connectivity index is 1.54. The van der Waals surface area contributed by atoms with Crippen LogP contribution in [-0.4, -0.2) is 21.5 Å². The molecule has 28 heavy (non-hydrogen) atoms. The third-order valence-electron chi connectivity index (χ3n) is 5.36. The van der Waals surface area contributed by atoms with Gasteiger partial charge in [0, 0.05) is 41.0 Å². The van der Waals surface area contributed by atoms with Gasteiger partial charge >= 0.3 is 0 Å². The maximum atomic E-state index is 12.7. The van der Waals surface area contributed by atoms with Crippen LogP contribution in [0.15, 0.2) is 67.8 Å². The van der Waals surface area contributed by atoms with E-state index < -0.39 is 0 Å². The smallest absolute Gasteiger partial charge is 0.201 e. The van der Waals surface area contributed by atoms with Gasteiger partial charge in [-0.1, -0.05) is 17.7 Å². The molecule has 1 aliphatic carbocycles.